The van der Waals surface area contributed by atoms with Gasteiger partial charge in [0.05, 0.1) is 13.2 Å². The number of quaternary nitrogens is 1. The topological polar surface area (TPSA) is 63.1 Å². The molecule has 0 spiro atoms. The Bertz CT molecular complexity index is 906. The summed E-state index contributed by atoms with van der Waals surface area (Å²) in [6.07, 6.45) is 1.55. The van der Waals surface area contributed by atoms with Gasteiger partial charge in [0, 0.05) is 25.1 Å². The molecule has 2 aliphatic rings. The highest BCUT2D eigenvalue weighted by molar-refractivity contribution is 5.94. The van der Waals surface area contributed by atoms with Gasteiger partial charge in [0.25, 0.3) is 5.91 Å². The third-order valence-corrected chi connectivity index (χ3v) is 6.21. The number of benzene rings is 2. The molecule has 0 aromatic heterocycles. The Morgan fingerprint density at radius 3 is 2.65 bits per heavy atom. The number of carbonyl (C=O) groups is 2. The first-order valence-corrected chi connectivity index (χ1v) is 11.2. The first-order valence-electron chi connectivity index (χ1n) is 11.2. The molecule has 2 aromatic rings. The zero-order valence-corrected chi connectivity index (χ0v) is 18.2. The molecule has 31 heavy (non-hydrogen) atoms. The van der Waals surface area contributed by atoms with Crippen molar-refractivity contribution in [2.45, 2.75) is 32.4 Å². The molecule has 1 atom stereocenters. The molecule has 2 heterocycles. The predicted molar refractivity (Wildman–Crippen MR) is 119 cm³/mol. The largest absolute Gasteiger partial charge is 0.370 e. The van der Waals surface area contributed by atoms with E-state index in [-0.39, 0.29) is 17.9 Å². The van der Waals surface area contributed by atoms with Crippen molar-refractivity contribution in [3.63, 3.8) is 0 Å². The Morgan fingerprint density at radius 2 is 1.94 bits per heavy atom. The number of nitrogens with one attached hydrogen (secondary N) is 2. The van der Waals surface area contributed by atoms with Crippen LogP contribution in [0.2, 0.25) is 0 Å². The van der Waals surface area contributed by atoms with Crippen molar-refractivity contribution >= 4 is 11.8 Å². The molecule has 6 nitrogen and oxygen atoms in total. The van der Waals surface area contributed by atoms with Crippen molar-refractivity contribution < 1.29 is 19.2 Å². The second-order valence-electron chi connectivity index (χ2n) is 8.62. The lowest BCUT2D eigenvalue weighted by atomic mass is 10.0. The van der Waals surface area contributed by atoms with Crippen molar-refractivity contribution in [2.24, 2.45) is 0 Å². The Kier molecular flexibility index (Phi) is 6.99. The highest BCUT2D eigenvalue weighted by Crippen LogP contribution is 2.17. The van der Waals surface area contributed by atoms with Crippen molar-refractivity contribution in [3.8, 4) is 0 Å². The molecule has 6 heteroatoms. The molecule has 2 aliphatic heterocycles. The van der Waals surface area contributed by atoms with Crippen molar-refractivity contribution in [2.75, 3.05) is 39.4 Å². The molecule has 0 saturated carbocycles. The number of likely N-dealkylation sites (tertiary alicyclic amines) is 1. The lowest BCUT2D eigenvalue weighted by Gasteiger charge is -2.28. The minimum absolute atomic E-state index is 0.0648. The molecule has 164 valence electrons. The zero-order chi connectivity index (χ0) is 21.6. The van der Waals surface area contributed by atoms with E-state index in [0.717, 1.165) is 56.9 Å². The number of hydrogen-bond donors (Lipinski definition) is 2. The summed E-state index contributed by atoms with van der Waals surface area (Å²) in [4.78, 5) is 28.4. The molecular formula is C25H32N3O3+. The number of ether oxygens (including phenoxy) is 1. The van der Waals surface area contributed by atoms with E-state index < -0.39 is 0 Å². The fraction of sp³-hybridized carbons (Fsp3) is 0.440. The summed E-state index contributed by atoms with van der Waals surface area (Å²) < 4.78 is 5.49. The molecule has 0 radical (unpaired) electrons. The van der Waals surface area contributed by atoms with Crippen LogP contribution in [0.25, 0.3) is 0 Å². The van der Waals surface area contributed by atoms with Crippen LogP contribution >= 0.6 is 0 Å². The first-order chi connectivity index (χ1) is 15.1. The monoisotopic (exact) mass is 422 g/mol. The average molecular weight is 423 g/mol. The van der Waals surface area contributed by atoms with E-state index >= 15 is 0 Å². The number of amides is 2. The van der Waals surface area contributed by atoms with Crippen LogP contribution in [0.1, 0.15) is 45.9 Å². The maximum atomic E-state index is 13.2. The molecule has 2 fully saturated rings. The molecule has 0 unspecified atom stereocenters. The number of nitrogens with zero attached hydrogens (tertiary/aromatic N) is 1. The van der Waals surface area contributed by atoms with E-state index in [1.54, 1.807) is 0 Å². The second-order valence-corrected chi connectivity index (χ2v) is 8.62. The van der Waals surface area contributed by atoms with Crippen LogP contribution in [-0.4, -0.2) is 56.1 Å². The normalized spacial score (nSPS) is 18.2. The van der Waals surface area contributed by atoms with Gasteiger partial charge in [-0.05, 0) is 36.6 Å². The van der Waals surface area contributed by atoms with Crippen LogP contribution in [0.3, 0.4) is 0 Å². The standard InChI is InChI=1S/C25H31N3O3/c1-19-7-9-21(10-8-19)23(18-27-12-14-31-15-13-27)26-25(30)22-5-2-4-20(16-22)17-28-11-3-6-24(28)29/h2,4-5,7-10,16,23H,3,6,11-15,17-18H2,1H3,(H,26,30)/p+1/t23-/m0/s1. The van der Waals surface area contributed by atoms with Gasteiger partial charge in [0.15, 0.2) is 0 Å². The molecule has 4 rings (SSSR count). The lowest BCUT2D eigenvalue weighted by molar-refractivity contribution is -0.909. The van der Waals surface area contributed by atoms with E-state index in [1.807, 2.05) is 29.2 Å². The maximum absolute atomic E-state index is 13.2. The summed E-state index contributed by atoms with van der Waals surface area (Å²) in [5.41, 5.74) is 3.96. The van der Waals surface area contributed by atoms with Crippen LogP contribution in [0.4, 0.5) is 0 Å². The van der Waals surface area contributed by atoms with Crippen LogP contribution in [0.15, 0.2) is 48.5 Å². The quantitative estimate of drug-likeness (QED) is 0.711. The third-order valence-electron chi connectivity index (χ3n) is 6.21. The maximum Gasteiger partial charge on any atom is 0.251 e. The summed E-state index contributed by atoms with van der Waals surface area (Å²) in [5.74, 6) is 0.121. The summed E-state index contributed by atoms with van der Waals surface area (Å²) in [6, 6.07) is 16.0. The van der Waals surface area contributed by atoms with Crippen LogP contribution < -0.4 is 10.2 Å². The fourth-order valence-corrected chi connectivity index (χ4v) is 4.35. The number of rotatable bonds is 7. The molecule has 0 aliphatic carbocycles. The second kappa shape index (κ2) is 10.1. The molecule has 2 amide bonds. The molecule has 2 aromatic carbocycles. The number of hydrogen-bond acceptors (Lipinski definition) is 3. The van der Waals surface area contributed by atoms with Gasteiger partial charge in [0.2, 0.25) is 5.91 Å². The van der Waals surface area contributed by atoms with Crippen molar-refractivity contribution in [1.29, 1.82) is 0 Å². The summed E-state index contributed by atoms with van der Waals surface area (Å²) >= 11 is 0. The smallest absolute Gasteiger partial charge is 0.251 e. The highest BCUT2D eigenvalue weighted by Gasteiger charge is 2.24. The average Bonchev–Trinajstić information content (AvgIpc) is 3.19. The van der Waals surface area contributed by atoms with E-state index in [0.29, 0.717) is 18.5 Å². The molecular weight excluding hydrogens is 390 g/mol. The summed E-state index contributed by atoms with van der Waals surface area (Å²) in [5, 5.41) is 3.26. The molecule has 0 bridgehead atoms. The molecule has 2 N–H and O–H groups in total. The van der Waals surface area contributed by atoms with Gasteiger partial charge in [-0.25, -0.2) is 0 Å². The fourth-order valence-electron chi connectivity index (χ4n) is 4.35. The zero-order valence-electron chi connectivity index (χ0n) is 18.2. The van der Waals surface area contributed by atoms with Gasteiger partial charge in [-0.1, -0.05) is 42.0 Å². The number of aryl methyl sites for hydroxylation is 1. The summed E-state index contributed by atoms with van der Waals surface area (Å²) in [6.45, 7) is 7.71. The van der Waals surface area contributed by atoms with Gasteiger partial charge >= 0.3 is 0 Å². The van der Waals surface area contributed by atoms with Crippen LogP contribution in [0.5, 0.6) is 0 Å². The van der Waals surface area contributed by atoms with Crippen molar-refractivity contribution in [3.05, 3.63) is 70.8 Å². The molecule has 2 saturated heterocycles. The van der Waals surface area contributed by atoms with Crippen LogP contribution in [0, 0.1) is 6.92 Å². The minimum atomic E-state index is -0.0761. The SMILES string of the molecule is Cc1ccc([C@H](C[NH+]2CCOCC2)NC(=O)c2cccc(CN3CCCC3=O)c2)cc1. The lowest BCUT2D eigenvalue weighted by Crippen LogP contribution is -3.14. The summed E-state index contributed by atoms with van der Waals surface area (Å²) in [7, 11) is 0. The Labute approximate surface area is 184 Å². The van der Waals surface area contributed by atoms with Gasteiger partial charge in [0.1, 0.15) is 25.7 Å². The van der Waals surface area contributed by atoms with E-state index in [4.69, 9.17) is 4.74 Å². The van der Waals surface area contributed by atoms with Gasteiger partial charge in [-0.15, -0.1) is 0 Å². The van der Waals surface area contributed by atoms with E-state index in [2.05, 4.69) is 36.5 Å². The predicted octanol–water partition coefficient (Wildman–Crippen LogP) is 1.50. The van der Waals surface area contributed by atoms with E-state index in [1.165, 1.54) is 10.5 Å². The van der Waals surface area contributed by atoms with Gasteiger partial charge < -0.3 is 19.9 Å². The van der Waals surface area contributed by atoms with E-state index in [9.17, 15) is 9.59 Å². The first kappa shape index (κ1) is 21.5. The Hall–Kier alpha value is -2.70. The Balaban J connectivity index is 1.47. The van der Waals surface area contributed by atoms with Crippen LogP contribution in [-0.2, 0) is 16.1 Å². The van der Waals surface area contributed by atoms with Crippen molar-refractivity contribution in [1.82, 2.24) is 10.2 Å². The van der Waals surface area contributed by atoms with Gasteiger partial charge in [-0.2, -0.15) is 0 Å². The Morgan fingerprint density at radius 1 is 1.16 bits per heavy atom. The number of carbonyl (C=O) groups excluding carboxylic acids is 2. The minimum Gasteiger partial charge on any atom is -0.370 e. The highest BCUT2D eigenvalue weighted by atomic mass is 16.5. The third kappa shape index (κ3) is 5.71. The van der Waals surface area contributed by atoms with Gasteiger partial charge in [-0.3, -0.25) is 9.59 Å². The number of morpholine rings is 1.